The Labute approximate surface area is 231 Å². The Morgan fingerprint density at radius 1 is 1.20 bits per heavy atom. The summed E-state index contributed by atoms with van der Waals surface area (Å²) >= 11 is 6.29. The molecule has 208 valence electrons. The number of benzene rings is 1. The summed E-state index contributed by atoms with van der Waals surface area (Å²) in [5.41, 5.74) is 1.25. The van der Waals surface area contributed by atoms with Crippen molar-refractivity contribution in [2.24, 2.45) is 5.92 Å². The van der Waals surface area contributed by atoms with Gasteiger partial charge in [-0.2, -0.15) is 10.4 Å². The number of rotatable bonds is 6. The monoisotopic (exact) mass is 572 g/mol. The van der Waals surface area contributed by atoms with Gasteiger partial charge in [-0.05, 0) is 13.1 Å². The average Bonchev–Trinajstić information content (AvgIpc) is 3.57. The van der Waals surface area contributed by atoms with Gasteiger partial charge in [-0.1, -0.05) is 11.6 Å². The van der Waals surface area contributed by atoms with Crippen LogP contribution in [0.5, 0.6) is 17.5 Å². The molecule has 2 fully saturated rings. The fraction of sp³-hybridized carbons (Fsp3) is 0.385. The first kappa shape index (κ1) is 26.4. The molecular formula is C26H24ClF3N8O2. The van der Waals surface area contributed by atoms with Crippen LogP contribution in [0.15, 0.2) is 24.5 Å². The molecule has 0 saturated carbocycles. The predicted octanol–water partition coefficient (Wildman–Crippen LogP) is 3.95. The maximum absolute atomic E-state index is 14.6. The SMILES string of the molecule is CN1C[C@@H](Oc2nc3c(Oc4c(Cl)c(F)cc5[nH]ncc45)nccc3c(N3CCNCC3)c2C#N)[C@H](C(F)F)C1. The topological polar surface area (TPSA) is 115 Å². The first-order valence-electron chi connectivity index (χ1n) is 12.7. The summed E-state index contributed by atoms with van der Waals surface area (Å²) in [6, 6.07) is 5.10. The minimum Gasteiger partial charge on any atom is -0.471 e. The van der Waals surface area contributed by atoms with Gasteiger partial charge in [-0.3, -0.25) is 5.10 Å². The largest absolute Gasteiger partial charge is 0.471 e. The zero-order valence-electron chi connectivity index (χ0n) is 21.3. The van der Waals surface area contributed by atoms with Crippen molar-refractivity contribution in [1.29, 1.82) is 5.26 Å². The van der Waals surface area contributed by atoms with Gasteiger partial charge in [-0.15, -0.1) is 0 Å². The molecular weight excluding hydrogens is 549 g/mol. The number of nitriles is 1. The Morgan fingerprint density at radius 2 is 2.00 bits per heavy atom. The Kier molecular flexibility index (Phi) is 6.99. The van der Waals surface area contributed by atoms with E-state index < -0.39 is 24.3 Å². The number of hydrogen-bond acceptors (Lipinski definition) is 9. The number of aromatic amines is 1. The van der Waals surface area contributed by atoms with Crippen molar-refractivity contribution in [3.05, 3.63) is 40.9 Å². The second-order valence-corrected chi connectivity index (χ2v) is 10.2. The van der Waals surface area contributed by atoms with Crippen LogP contribution in [-0.2, 0) is 0 Å². The number of ether oxygens (including phenoxy) is 2. The summed E-state index contributed by atoms with van der Waals surface area (Å²) in [5.74, 6) is -1.90. The lowest BCUT2D eigenvalue weighted by atomic mass is 10.1. The van der Waals surface area contributed by atoms with Gasteiger partial charge >= 0.3 is 0 Å². The molecule has 2 atom stereocenters. The molecule has 0 spiro atoms. The van der Waals surface area contributed by atoms with Crippen molar-refractivity contribution in [1.82, 2.24) is 30.4 Å². The number of aromatic nitrogens is 4. The van der Waals surface area contributed by atoms with Crippen LogP contribution in [-0.4, -0.2) is 83.9 Å². The molecule has 0 radical (unpaired) electrons. The average molecular weight is 573 g/mol. The summed E-state index contributed by atoms with van der Waals surface area (Å²) in [7, 11) is 1.74. The van der Waals surface area contributed by atoms with Gasteiger partial charge in [0.2, 0.25) is 18.2 Å². The lowest BCUT2D eigenvalue weighted by Crippen LogP contribution is -2.44. The second kappa shape index (κ2) is 10.6. The van der Waals surface area contributed by atoms with Crippen LogP contribution in [0.25, 0.3) is 21.8 Å². The molecule has 10 nitrogen and oxygen atoms in total. The molecule has 0 unspecified atom stereocenters. The zero-order chi connectivity index (χ0) is 28.0. The van der Waals surface area contributed by atoms with Crippen molar-refractivity contribution in [2.75, 3.05) is 51.2 Å². The summed E-state index contributed by atoms with van der Waals surface area (Å²) in [5, 5.41) is 20.9. The molecule has 2 aliphatic heterocycles. The van der Waals surface area contributed by atoms with E-state index in [-0.39, 0.29) is 46.7 Å². The second-order valence-electron chi connectivity index (χ2n) is 9.81. The fourth-order valence-electron chi connectivity index (χ4n) is 5.31. The zero-order valence-corrected chi connectivity index (χ0v) is 22.1. The van der Waals surface area contributed by atoms with E-state index in [0.29, 0.717) is 48.2 Å². The van der Waals surface area contributed by atoms with Crippen molar-refractivity contribution in [3.8, 4) is 23.6 Å². The number of alkyl halides is 2. The number of piperazine rings is 1. The molecule has 0 bridgehead atoms. The van der Waals surface area contributed by atoms with E-state index in [1.807, 2.05) is 4.90 Å². The highest BCUT2D eigenvalue weighted by Crippen LogP contribution is 2.43. The minimum atomic E-state index is -2.61. The molecule has 2 N–H and O–H groups in total. The van der Waals surface area contributed by atoms with E-state index in [0.717, 1.165) is 0 Å². The molecule has 5 heterocycles. The van der Waals surface area contributed by atoms with Crippen LogP contribution in [0, 0.1) is 23.1 Å². The Balaban J connectivity index is 1.53. The van der Waals surface area contributed by atoms with Crippen LogP contribution in [0.1, 0.15) is 5.56 Å². The Morgan fingerprint density at radius 3 is 2.75 bits per heavy atom. The van der Waals surface area contributed by atoms with Gasteiger partial charge in [0, 0.05) is 56.9 Å². The Bertz CT molecular complexity index is 1620. The van der Waals surface area contributed by atoms with Gasteiger partial charge < -0.3 is 24.6 Å². The highest BCUT2D eigenvalue weighted by molar-refractivity contribution is 6.33. The summed E-state index contributed by atoms with van der Waals surface area (Å²) < 4.78 is 54.5. The highest BCUT2D eigenvalue weighted by Gasteiger charge is 2.40. The number of hydrogen-bond donors (Lipinski definition) is 2. The molecule has 2 aliphatic rings. The van der Waals surface area contributed by atoms with E-state index in [1.54, 1.807) is 18.0 Å². The number of anilines is 1. The summed E-state index contributed by atoms with van der Waals surface area (Å²) in [4.78, 5) is 12.7. The van der Waals surface area contributed by atoms with E-state index in [2.05, 4.69) is 31.6 Å². The Hall–Kier alpha value is -3.86. The smallest absolute Gasteiger partial charge is 0.246 e. The van der Waals surface area contributed by atoms with E-state index in [9.17, 15) is 18.4 Å². The molecule has 4 aromatic rings. The fourth-order valence-corrected chi connectivity index (χ4v) is 5.50. The van der Waals surface area contributed by atoms with Crippen molar-refractivity contribution in [3.63, 3.8) is 0 Å². The minimum absolute atomic E-state index is 0.0158. The number of likely N-dealkylation sites (N-methyl/N-ethyl adjacent to an activating group) is 1. The van der Waals surface area contributed by atoms with Crippen LogP contribution < -0.4 is 19.7 Å². The highest BCUT2D eigenvalue weighted by atomic mass is 35.5. The first-order valence-corrected chi connectivity index (χ1v) is 13.0. The number of halogens is 4. The quantitative estimate of drug-likeness (QED) is 0.354. The predicted molar refractivity (Wildman–Crippen MR) is 142 cm³/mol. The molecule has 3 aromatic heterocycles. The first-order chi connectivity index (χ1) is 19.4. The number of H-pyrrole nitrogens is 1. The van der Waals surface area contributed by atoms with Gasteiger partial charge in [0.15, 0.2) is 5.75 Å². The maximum atomic E-state index is 14.6. The van der Waals surface area contributed by atoms with Gasteiger partial charge in [0.05, 0.1) is 28.7 Å². The number of nitrogens with one attached hydrogen (secondary N) is 2. The molecule has 0 aliphatic carbocycles. The van der Waals surface area contributed by atoms with Crippen molar-refractivity contribution < 1.29 is 22.6 Å². The van der Waals surface area contributed by atoms with E-state index in [1.165, 1.54) is 18.5 Å². The van der Waals surface area contributed by atoms with Crippen LogP contribution in [0.4, 0.5) is 18.9 Å². The van der Waals surface area contributed by atoms with Crippen LogP contribution >= 0.6 is 11.6 Å². The molecule has 0 amide bonds. The lowest BCUT2D eigenvalue weighted by molar-refractivity contribution is 0.0286. The number of fused-ring (bicyclic) bond motifs is 2. The third kappa shape index (κ3) is 4.61. The van der Waals surface area contributed by atoms with Gasteiger partial charge in [-0.25, -0.2) is 23.1 Å². The number of nitrogens with zero attached hydrogens (tertiary/aromatic N) is 6. The van der Waals surface area contributed by atoms with Crippen LogP contribution in [0.2, 0.25) is 5.02 Å². The summed E-state index contributed by atoms with van der Waals surface area (Å²) in [6.45, 7) is 2.93. The van der Waals surface area contributed by atoms with E-state index >= 15 is 0 Å². The normalized spacial score (nSPS) is 20.0. The van der Waals surface area contributed by atoms with Gasteiger partial charge in [0.1, 0.15) is 34.1 Å². The molecule has 6 rings (SSSR count). The number of pyridine rings is 2. The third-order valence-electron chi connectivity index (χ3n) is 7.23. The van der Waals surface area contributed by atoms with Crippen LogP contribution in [0.3, 0.4) is 0 Å². The maximum Gasteiger partial charge on any atom is 0.246 e. The standard InChI is InChI=1S/C26H24ClF3N8O2/c1-37-11-16(24(29)30)19(12-37)39-25-14(9-31)22(38-6-4-32-5-7-38)13-2-3-33-26(21(13)35-25)40-23-15-10-34-36-18(15)8-17(28)20(23)27/h2-3,8,10,16,19,24,32H,4-7,11-12H2,1H3,(H,34,36)/t16-,19-/m1/s1. The number of likely N-dealkylation sites (tertiary alicyclic amines) is 1. The lowest BCUT2D eigenvalue weighted by Gasteiger charge is -2.32. The summed E-state index contributed by atoms with van der Waals surface area (Å²) in [6.07, 6.45) is -0.557. The molecule has 14 heteroatoms. The van der Waals surface area contributed by atoms with Crippen molar-refractivity contribution >= 4 is 39.1 Å². The van der Waals surface area contributed by atoms with Gasteiger partial charge in [0.25, 0.3) is 0 Å². The van der Waals surface area contributed by atoms with Crippen molar-refractivity contribution in [2.45, 2.75) is 12.5 Å². The molecule has 40 heavy (non-hydrogen) atoms. The molecule has 1 aromatic carbocycles. The third-order valence-corrected chi connectivity index (χ3v) is 7.58. The van der Waals surface area contributed by atoms with E-state index in [4.69, 9.17) is 21.1 Å². The molecule has 2 saturated heterocycles.